The molecule has 0 aliphatic heterocycles. The summed E-state index contributed by atoms with van der Waals surface area (Å²) < 4.78 is 9.52. The average molecular weight is 357 g/mol. The SMILES string of the molecule is CCOc1nn(CC)cc1-c1nnc(SCc2cccc(C)c2)n1C. The van der Waals surface area contributed by atoms with Gasteiger partial charge in [-0.1, -0.05) is 41.6 Å². The van der Waals surface area contributed by atoms with Crippen LogP contribution in [0.2, 0.25) is 0 Å². The summed E-state index contributed by atoms with van der Waals surface area (Å²) in [7, 11) is 1.98. The van der Waals surface area contributed by atoms with Gasteiger partial charge in [0.25, 0.3) is 0 Å². The van der Waals surface area contributed by atoms with Gasteiger partial charge in [0, 0.05) is 25.5 Å². The molecule has 1 aromatic carbocycles. The van der Waals surface area contributed by atoms with E-state index in [-0.39, 0.29) is 0 Å². The lowest BCUT2D eigenvalue weighted by molar-refractivity contribution is 0.322. The van der Waals surface area contributed by atoms with Gasteiger partial charge in [-0.15, -0.1) is 15.3 Å². The van der Waals surface area contributed by atoms with Crippen LogP contribution in [0.25, 0.3) is 11.4 Å². The Morgan fingerprint density at radius 2 is 2.04 bits per heavy atom. The average Bonchev–Trinajstić information content (AvgIpc) is 3.17. The number of hydrogen-bond acceptors (Lipinski definition) is 5. The molecule has 0 aliphatic carbocycles. The van der Waals surface area contributed by atoms with Crippen molar-refractivity contribution in [2.75, 3.05) is 6.61 Å². The topological polar surface area (TPSA) is 57.8 Å². The molecule has 7 heteroatoms. The van der Waals surface area contributed by atoms with E-state index in [1.807, 2.05) is 36.3 Å². The number of thioether (sulfide) groups is 1. The fourth-order valence-electron chi connectivity index (χ4n) is 2.59. The summed E-state index contributed by atoms with van der Waals surface area (Å²) in [5, 5.41) is 14.0. The predicted octanol–water partition coefficient (Wildman–Crippen LogP) is 3.70. The molecule has 3 rings (SSSR count). The molecule has 0 bridgehead atoms. The summed E-state index contributed by atoms with van der Waals surface area (Å²) >= 11 is 1.68. The molecule has 0 fully saturated rings. The molecule has 0 aliphatic rings. The largest absolute Gasteiger partial charge is 0.476 e. The maximum Gasteiger partial charge on any atom is 0.243 e. The van der Waals surface area contributed by atoms with Crippen LogP contribution >= 0.6 is 11.8 Å². The quantitative estimate of drug-likeness (QED) is 0.604. The Bertz CT molecular complexity index is 855. The van der Waals surface area contributed by atoms with E-state index >= 15 is 0 Å². The molecule has 2 heterocycles. The van der Waals surface area contributed by atoms with E-state index in [2.05, 4.69) is 46.5 Å². The summed E-state index contributed by atoms with van der Waals surface area (Å²) in [6.45, 7) is 7.46. The van der Waals surface area contributed by atoms with Gasteiger partial charge in [0.1, 0.15) is 5.56 Å². The zero-order valence-corrected chi connectivity index (χ0v) is 15.9. The van der Waals surface area contributed by atoms with E-state index in [4.69, 9.17) is 4.74 Å². The Hall–Kier alpha value is -2.28. The van der Waals surface area contributed by atoms with Gasteiger partial charge in [-0.3, -0.25) is 4.68 Å². The third kappa shape index (κ3) is 3.87. The monoisotopic (exact) mass is 357 g/mol. The van der Waals surface area contributed by atoms with Gasteiger partial charge in [-0.05, 0) is 26.3 Å². The van der Waals surface area contributed by atoms with Crippen molar-refractivity contribution in [3.05, 3.63) is 41.6 Å². The first-order chi connectivity index (χ1) is 12.1. The Kier molecular flexibility index (Phi) is 5.43. The lowest BCUT2D eigenvalue weighted by Gasteiger charge is -2.05. The number of aryl methyl sites for hydroxylation is 2. The second-order valence-electron chi connectivity index (χ2n) is 5.78. The minimum atomic E-state index is 0.570. The number of rotatable bonds is 7. The summed E-state index contributed by atoms with van der Waals surface area (Å²) in [5.41, 5.74) is 3.43. The Balaban J connectivity index is 1.82. The Labute approximate surface area is 152 Å². The molecule has 0 saturated heterocycles. The van der Waals surface area contributed by atoms with Gasteiger partial charge < -0.3 is 9.30 Å². The molecule has 132 valence electrons. The van der Waals surface area contributed by atoms with Crippen molar-refractivity contribution in [2.45, 2.75) is 38.2 Å². The summed E-state index contributed by atoms with van der Waals surface area (Å²) in [6, 6.07) is 8.52. The molecule has 0 saturated carbocycles. The number of hydrogen-bond donors (Lipinski definition) is 0. The maximum atomic E-state index is 5.66. The first-order valence-corrected chi connectivity index (χ1v) is 9.39. The molecule has 0 amide bonds. The lowest BCUT2D eigenvalue weighted by atomic mass is 10.2. The second kappa shape index (κ2) is 7.74. The molecule has 25 heavy (non-hydrogen) atoms. The fourth-order valence-corrected chi connectivity index (χ4v) is 3.44. The Morgan fingerprint density at radius 3 is 2.76 bits per heavy atom. The van der Waals surface area contributed by atoms with Crippen LogP contribution in [0.1, 0.15) is 25.0 Å². The minimum Gasteiger partial charge on any atom is -0.476 e. The van der Waals surface area contributed by atoms with E-state index in [1.165, 1.54) is 11.1 Å². The van der Waals surface area contributed by atoms with Crippen LogP contribution in [0.4, 0.5) is 0 Å². The highest BCUT2D eigenvalue weighted by molar-refractivity contribution is 7.98. The summed E-state index contributed by atoms with van der Waals surface area (Å²) in [5.74, 6) is 2.24. The molecular formula is C18H23N5OS. The molecule has 6 nitrogen and oxygen atoms in total. The molecule has 3 aromatic rings. The third-order valence-corrected chi connectivity index (χ3v) is 4.95. The predicted molar refractivity (Wildman–Crippen MR) is 99.8 cm³/mol. The van der Waals surface area contributed by atoms with Gasteiger partial charge in [0.2, 0.25) is 5.88 Å². The van der Waals surface area contributed by atoms with Gasteiger partial charge in [0.15, 0.2) is 11.0 Å². The second-order valence-corrected chi connectivity index (χ2v) is 6.72. The minimum absolute atomic E-state index is 0.570. The van der Waals surface area contributed by atoms with Crippen molar-refractivity contribution in [2.24, 2.45) is 7.05 Å². The number of benzene rings is 1. The van der Waals surface area contributed by atoms with Gasteiger partial charge in [-0.2, -0.15) is 0 Å². The van der Waals surface area contributed by atoms with Crippen molar-refractivity contribution in [3.8, 4) is 17.3 Å². The van der Waals surface area contributed by atoms with Crippen molar-refractivity contribution in [3.63, 3.8) is 0 Å². The van der Waals surface area contributed by atoms with Crippen LogP contribution in [0.15, 0.2) is 35.6 Å². The van der Waals surface area contributed by atoms with Gasteiger partial charge in [0.05, 0.1) is 6.61 Å². The zero-order chi connectivity index (χ0) is 17.8. The molecule has 0 unspecified atom stereocenters. The molecule has 2 aromatic heterocycles. The smallest absolute Gasteiger partial charge is 0.243 e. The van der Waals surface area contributed by atoms with Gasteiger partial charge >= 0.3 is 0 Å². The lowest BCUT2D eigenvalue weighted by Crippen LogP contribution is -1.98. The molecule has 0 atom stereocenters. The molecule has 0 radical (unpaired) electrons. The maximum absolute atomic E-state index is 5.66. The highest BCUT2D eigenvalue weighted by Crippen LogP contribution is 2.30. The zero-order valence-electron chi connectivity index (χ0n) is 15.1. The standard InChI is InChI=1S/C18H23N5OS/c1-5-23-11-15(17(21-23)24-6-2)16-19-20-18(22(16)4)25-12-14-9-7-8-13(3)10-14/h7-11H,5-6,12H2,1-4H3. The molecular weight excluding hydrogens is 334 g/mol. The first kappa shape index (κ1) is 17.5. The number of ether oxygens (including phenoxy) is 1. The van der Waals surface area contributed by atoms with Crippen LogP contribution in [0, 0.1) is 6.92 Å². The third-order valence-electron chi connectivity index (χ3n) is 3.86. The van der Waals surface area contributed by atoms with E-state index in [9.17, 15) is 0 Å². The van der Waals surface area contributed by atoms with Crippen LogP contribution in [-0.2, 0) is 19.3 Å². The van der Waals surface area contributed by atoms with Crippen LogP contribution in [0.3, 0.4) is 0 Å². The molecule has 0 spiro atoms. The number of aromatic nitrogens is 5. The van der Waals surface area contributed by atoms with Crippen LogP contribution in [-0.4, -0.2) is 31.2 Å². The normalized spacial score (nSPS) is 11.0. The van der Waals surface area contributed by atoms with Crippen molar-refractivity contribution < 1.29 is 4.74 Å². The Morgan fingerprint density at radius 1 is 1.20 bits per heavy atom. The summed E-state index contributed by atoms with van der Waals surface area (Å²) in [6.07, 6.45) is 1.96. The summed E-state index contributed by atoms with van der Waals surface area (Å²) in [4.78, 5) is 0. The van der Waals surface area contributed by atoms with E-state index < -0.39 is 0 Å². The first-order valence-electron chi connectivity index (χ1n) is 8.40. The van der Waals surface area contributed by atoms with E-state index in [0.29, 0.717) is 12.5 Å². The van der Waals surface area contributed by atoms with Crippen molar-refractivity contribution in [1.82, 2.24) is 24.5 Å². The van der Waals surface area contributed by atoms with Crippen LogP contribution in [0.5, 0.6) is 5.88 Å². The van der Waals surface area contributed by atoms with Crippen LogP contribution < -0.4 is 4.74 Å². The highest BCUT2D eigenvalue weighted by atomic mass is 32.2. The van der Waals surface area contributed by atoms with Crippen molar-refractivity contribution in [1.29, 1.82) is 0 Å². The highest BCUT2D eigenvalue weighted by Gasteiger charge is 2.19. The van der Waals surface area contributed by atoms with E-state index in [1.54, 1.807) is 11.8 Å². The van der Waals surface area contributed by atoms with Gasteiger partial charge in [-0.25, -0.2) is 0 Å². The fraction of sp³-hybridized carbons (Fsp3) is 0.389. The van der Waals surface area contributed by atoms with Crippen molar-refractivity contribution >= 4 is 11.8 Å². The number of nitrogens with zero attached hydrogens (tertiary/aromatic N) is 5. The molecule has 0 N–H and O–H groups in total. The van der Waals surface area contributed by atoms with E-state index in [0.717, 1.165) is 28.8 Å².